The van der Waals surface area contributed by atoms with Gasteiger partial charge in [-0.05, 0) is 23.1 Å². The zero-order chi connectivity index (χ0) is 10.7. The van der Waals surface area contributed by atoms with Gasteiger partial charge in [-0.2, -0.15) is 0 Å². The lowest BCUT2D eigenvalue weighted by molar-refractivity contribution is -0.113. The number of carbonyl (C=O) groups is 1. The fraction of sp³-hybridized carbons (Fsp3) is 0. The van der Waals surface area contributed by atoms with Gasteiger partial charge in [0.2, 0.25) is 5.91 Å². The van der Waals surface area contributed by atoms with Crippen molar-refractivity contribution in [3.63, 3.8) is 0 Å². The largest absolute Gasteiger partial charge is 0.366 e. The first-order valence-electron chi connectivity index (χ1n) is 4.57. The van der Waals surface area contributed by atoms with E-state index in [9.17, 15) is 4.79 Å². The monoisotopic (exact) mass is 198 g/mol. The van der Waals surface area contributed by atoms with Crippen molar-refractivity contribution in [2.45, 2.75) is 0 Å². The first-order chi connectivity index (χ1) is 7.27. The van der Waals surface area contributed by atoms with Gasteiger partial charge in [0, 0.05) is 23.9 Å². The standard InChI is InChI=1S/C12H10N2O/c13-12(15)5-4-9-2-1-3-10-8-14-7-6-11(9)10/h1-8H,(H2,13,15)/b5-4-. The van der Waals surface area contributed by atoms with E-state index in [4.69, 9.17) is 5.73 Å². The molecule has 3 heteroatoms. The van der Waals surface area contributed by atoms with E-state index in [2.05, 4.69) is 4.98 Å². The van der Waals surface area contributed by atoms with E-state index in [-0.39, 0.29) is 0 Å². The number of rotatable bonds is 2. The van der Waals surface area contributed by atoms with Gasteiger partial charge in [-0.3, -0.25) is 9.78 Å². The van der Waals surface area contributed by atoms with Gasteiger partial charge < -0.3 is 5.73 Å². The molecule has 1 aromatic carbocycles. The molecule has 0 aliphatic rings. The van der Waals surface area contributed by atoms with Crippen LogP contribution in [0.4, 0.5) is 0 Å². The quantitative estimate of drug-likeness (QED) is 0.747. The van der Waals surface area contributed by atoms with Crippen molar-refractivity contribution < 1.29 is 4.79 Å². The number of aromatic nitrogens is 1. The third-order valence-corrected chi connectivity index (χ3v) is 2.14. The topological polar surface area (TPSA) is 56.0 Å². The van der Waals surface area contributed by atoms with Crippen LogP contribution in [-0.4, -0.2) is 10.9 Å². The highest BCUT2D eigenvalue weighted by molar-refractivity contribution is 5.95. The molecular formula is C12H10N2O. The van der Waals surface area contributed by atoms with Gasteiger partial charge in [0.15, 0.2) is 0 Å². The number of nitrogens with zero attached hydrogens (tertiary/aromatic N) is 1. The smallest absolute Gasteiger partial charge is 0.241 e. The van der Waals surface area contributed by atoms with Gasteiger partial charge in [-0.15, -0.1) is 0 Å². The van der Waals surface area contributed by atoms with Crippen molar-refractivity contribution in [3.05, 3.63) is 48.3 Å². The molecule has 0 fully saturated rings. The van der Waals surface area contributed by atoms with Gasteiger partial charge in [0.1, 0.15) is 0 Å². The molecule has 0 radical (unpaired) electrons. The summed E-state index contributed by atoms with van der Waals surface area (Å²) in [5, 5.41) is 2.11. The highest BCUT2D eigenvalue weighted by atomic mass is 16.1. The SMILES string of the molecule is NC(=O)/C=C\c1cccc2cnccc12. The molecule has 0 saturated carbocycles. The summed E-state index contributed by atoms with van der Waals surface area (Å²) in [6.45, 7) is 0. The van der Waals surface area contributed by atoms with E-state index in [1.807, 2.05) is 24.3 Å². The Morgan fingerprint density at radius 3 is 3.00 bits per heavy atom. The summed E-state index contributed by atoms with van der Waals surface area (Å²) in [7, 11) is 0. The predicted octanol–water partition coefficient (Wildman–Crippen LogP) is 1.73. The number of amides is 1. The zero-order valence-corrected chi connectivity index (χ0v) is 8.05. The first kappa shape index (κ1) is 9.40. The second-order valence-electron chi connectivity index (χ2n) is 3.18. The van der Waals surface area contributed by atoms with Crippen LogP contribution in [0.3, 0.4) is 0 Å². The Kier molecular flexibility index (Phi) is 2.46. The van der Waals surface area contributed by atoms with Crippen molar-refractivity contribution in [2.75, 3.05) is 0 Å². The minimum Gasteiger partial charge on any atom is -0.366 e. The van der Waals surface area contributed by atoms with E-state index in [0.29, 0.717) is 0 Å². The van der Waals surface area contributed by atoms with E-state index in [0.717, 1.165) is 16.3 Å². The van der Waals surface area contributed by atoms with E-state index in [1.54, 1.807) is 18.5 Å². The molecule has 74 valence electrons. The minimum atomic E-state index is -0.443. The number of fused-ring (bicyclic) bond motifs is 1. The Hall–Kier alpha value is -2.16. The Bertz CT molecular complexity index is 527. The maximum absolute atomic E-state index is 10.6. The molecule has 2 N–H and O–H groups in total. The number of primary amides is 1. The normalized spacial score (nSPS) is 10.9. The van der Waals surface area contributed by atoms with Gasteiger partial charge in [0.25, 0.3) is 0 Å². The van der Waals surface area contributed by atoms with E-state index >= 15 is 0 Å². The molecule has 0 spiro atoms. The Labute approximate surface area is 87.2 Å². The number of benzene rings is 1. The van der Waals surface area contributed by atoms with Crippen LogP contribution in [0.2, 0.25) is 0 Å². The first-order valence-corrected chi connectivity index (χ1v) is 4.57. The lowest BCUT2D eigenvalue weighted by Crippen LogP contribution is -2.05. The Balaban J connectivity index is 2.56. The highest BCUT2D eigenvalue weighted by Crippen LogP contribution is 2.18. The van der Waals surface area contributed by atoms with E-state index in [1.165, 1.54) is 6.08 Å². The van der Waals surface area contributed by atoms with Crippen molar-refractivity contribution in [3.8, 4) is 0 Å². The molecule has 0 bridgehead atoms. The highest BCUT2D eigenvalue weighted by Gasteiger charge is 1.96. The van der Waals surface area contributed by atoms with Gasteiger partial charge in [0.05, 0.1) is 0 Å². The van der Waals surface area contributed by atoms with Crippen molar-refractivity contribution in [1.29, 1.82) is 0 Å². The molecule has 0 saturated heterocycles. The molecule has 1 aromatic heterocycles. The van der Waals surface area contributed by atoms with Crippen LogP contribution in [0.25, 0.3) is 16.8 Å². The van der Waals surface area contributed by atoms with Crippen molar-refractivity contribution >= 4 is 22.8 Å². The third-order valence-electron chi connectivity index (χ3n) is 2.14. The number of nitrogens with two attached hydrogens (primary N) is 1. The maximum Gasteiger partial charge on any atom is 0.241 e. The fourth-order valence-electron chi connectivity index (χ4n) is 1.46. The lowest BCUT2D eigenvalue weighted by atomic mass is 10.1. The summed E-state index contributed by atoms with van der Waals surface area (Å²) < 4.78 is 0. The van der Waals surface area contributed by atoms with Crippen LogP contribution in [0.1, 0.15) is 5.56 Å². The van der Waals surface area contributed by atoms with Crippen LogP contribution in [0.15, 0.2) is 42.7 Å². The zero-order valence-electron chi connectivity index (χ0n) is 8.05. The summed E-state index contributed by atoms with van der Waals surface area (Å²) in [5.41, 5.74) is 6.01. The number of hydrogen-bond donors (Lipinski definition) is 1. The summed E-state index contributed by atoms with van der Waals surface area (Å²) in [6, 6.07) is 7.74. The van der Waals surface area contributed by atoms with Gasteiger partial charge in [-0.1, -0.05) is 18.2 Å². The molecule has 2 aromatic rings. The van der Waals surface area contributed by atoms with E-state index < -0.39 is 5.91 Å². The molecule has 0 unspecified atom stereocenters. The molecular weight excluding hydrogens is 188 g/mol. The maximum atomic E-state index is 10.6. The number of hydrogen-bond acceptors (Lipinski definition) is 2. The van der Waals surface area contributed by atoms with Crippen LogP contribution in [-0.2, 0) is 4.79 Å². The Morgan fingerprint density at radius 1 is 1.33 bits per heavy atom. The summed E-state index contributed by atoms with van der Waals surface area (Å²) in [4.78, 5) is 14.7. The molecule has 2 rings (SSSR count). The van der Waals surface area contributed by atoms with Crippen LogP contribution < -0.4 is 5.73 Å². The number of carbonyl (C=O) groups excluding carboxylic acids is 1. The molecule has 3 nitrogen and oxygen atoms in total. The van der Waals surface area contributed by atoms with Gasteiger partial charge in [-0.25, -0.2) is 0 Å². The minimum absolute atomic E-state index is 0.443. The van der Waals surface area contributed by atoms with Gasteiger partial charge >= 0.3 is 0 Å². The second kappa shape index (κ2) is 3.92. The summed E-state index contributed by atoms with van der Waals surface area (Å²) >= 11 is 0. The molecule has 15 heavy (non-hydrogen) atoms. The van der Waals surface area contributed by atoms with Crippen molar-refractivity contribution in [1.82, 2.24) is 4.98 Å². The summed E-state index contributed by atoms with van der Waals surface area (Å²) in [5.74, 6) is -0.443. The molecule has 1 heterocycles. The average Bonchev–Trinajstić information content (AvgIpc) is 2.26. The molecule has 1 amide bonds. The lowest BCUT2D eigenvalue weighted by Gasteiger charge is -2.00. The van der Waals surface area contributed by atoms with Crippen molar-refractivity contribution in [2.24, 2.45) is 5.73 Å². The fourth-order valence-corrected chi connectivity index (χ4v) is 1.46. The molecule has 0 atom stereocenters. The third kappa shape index (κ3) is 2.02. The van der Waals surface area contributed by atoms with Crippen LogP contribution >= 0.6 is 0 Å². The summed E-state index contributed by atoms with van der Waals surface area (Å²) in [6.07, 6.45) is 6.58. The van der Waals surface area contributed by atoms with Crippen LogP contribution in [0.5, 0.6) is 0 Å². The Morgan fingerprint density at radius 2 is 2.20 bits per heavy atom. The predicted molar refractivity (Wildman–Crippen MR) is 60.0 cm³/mol. The average molecular weight is 198 g/mol. The second-order valence-corrected chi connectivity index (χ2v) is 3.18. The number of pyridine rings is 1. The molecule has 0 aliphatic heterocycles. The molecule has 0 aliphatic carbocycles. The van der Waals surface area contributed by atoms with Crippen LogP contribution in [0, 0.1) is 0 Å².